The average Bonchev–Trinajstić information content (AvgIpc) is 4.27. The zero-order valence-electron chi connectivity index (χ0n) is 46.6. The highest BCUT2D eigenvalue weighted by Gasteiger charge is 2.42. The molecule has 0 spiro atoms. The Morgan fingerprint density at radius 3 is 1.25 bits per heavy atom. The third kappa shape index (κ3) is 11.3. The lowest BCUT2D eigenvalue weighted by Crippen LogP contribution is -2.47. The standard InChI is InChI=1S/C33H38N2O4.C32H36N2O4/c1-20-27(30(37)34-25-14-22(15-25)31(38)39-6)19-35(28(20)29(36)21-10-8-7-9-11-21)26-17-23(32(2,3)4)16-24(18-26)33(5)12-13-33;1-19-26(29(36)33-24-13-21(14-24)30(37)38)18-34(27(19)28(35)20-9-7-6-8-10-20)25-16-22(31(2,3)4)15-23(17-25)32(5)11-12-32/h7-11,16-19,22,25H,12-15H2,1-6H3,(H,34,37);6-10,15-18,21,24H,11-14H2,1-5H3,(H,33,36)(H,37,38). The predicted octanol–water partition coefficient (Wildman–Crippen LogP) is 12.0. The Kier molecular flexibility index (Phi) is 14.5. The normalized spacial score (nSPS) is 19.8. The number of amides is 2. The number of nitrogens with zero attached hydrogens (tertiary/aromatic N) is 2. The zero-order valence-corrected chi connectivity index (χ0v) is 46.6. The van der Waals surface area contributed by atoms with Crippen molar-refractivity contribution in [1.82, 2.24) is 19.8 Å². The van der Waals surface area contributed by atoms with Crippen LogP contribution in [0.2, 0.25) is 0 Å². The van der Waals surface area contributed by atoms with Crippen LogP contribution in [0.1, 0.15) is 193 Å². The number of aliphatic carboxylic acids is 1. The van der Waals surface area contributed by atoms with Crippen molar-refractivity contribution in [1.29, 1.82) is 0 Å². The Bertz CT molecular complexity index is 3250. The van der Waals surface area contributed by atoms with Gasteiger partial charge in [0.15, 0.2) is 0 Å². The highest BCUT2D eigenvalue weighted by atomic mass is 16.5. The van der Waals surface area contributed by atoms with Crippen LogP contribution < -0.4 is 10.6 Å². The summed E-state index contributed by atoms with van der Waals surface area (Å²) in [5.74, 6) is -2.43. The largest absolute Gasteiger partial charge is 0.481 e. The number of ether oxygens (including phenoxy) is 1. The van der Waals surface area contributed by atoms with Crippen LogP contribution in [0.5, 0.6) is 0 Å². The summed E-state index contributed by atoms with van der Waals surface area (Å²) in [6.45, 7) is 21.4. The number of carboxylic acid groups (broad SMARTS) is 1. The van der Waals surface area contributed by atoms with E-state index in [9.17, 15) is 33.9 Å². The van der Waals surface area contributed by atoms with E-state index in [-0.39, 0.29) is 69.0 Å². The lowest BCUT2D eigenvalue weighted by molar-refractivity contribution is -0.149. The molecule has 402 valence electrons. The first-order chi connectivity index (χ1) is 36.3. The molecule has 4 saturated carbocycles. The van der Waals surface area contributed by atoms with Crippen LogP contribution in [0.3, 0.4) is 0 Å². The zero-order chi connectivity index (χ0) is 55.5. The summed E-state index contributed by atoms with van der Waals surface area (Å²) in [7, 11) is 1.38. The maximum Gasteiger partial charge on any atom is 0.308 e. The molecule has 0 bridgehead atoms. The number of hydrogen-bond donors (Lipinski definition) is 3. The maximum atomic E-state index is 13.9. The van der Waals surface area contributed by atoms with Crippen molar-refractivity contribution in [2.45, 2.75) is 154 Å². The van der Waals surface area contributed by atoms with Crippen molar-refractivity contribution in [3.8, 4) is 11.4 Å². The van der Waals surface area contributed by atoms with Gasteiger partial charge in [0, 0.05) is 47.0 Å². The van der Waals surface area contributed by atoms with Gasteiger partial charge in [-0.15, -0.1) is 0 Å². The number of nitrogens with one attached hydrogen (secondary N) is 2. The lowest BCUT2D eigenvalue weighted by Gasteiger charge is -2.33. The second-order valence-corrected chi connectivity index (χ2v) is 24.9. The fraction of sp³-hybridized carbons (Fsp3) is 0.415. The van der Waals surface area contributed by atoms with Gasteiger partial charge in [-0.1, -0.05) is 128 Å². The summed E-state index contributed by atoms with van der Waals surface area (Å²) in [5, 5.41) is 15.2. The van der Waals surface area contributed by atoms with Gasteiger partial charge in [0.1, 0.15) is 0 Å². The van der Waals surface area contributed by atoms with E-state index in [2.05, 4.69) is 102 Å². The van der Waals surface area contributed by atoms with Gasteiger partial charge in [0.2, 0.25) is 11.6 Å². The van der Waals surface area contributed by atoms with Gasteiger partial charge in [0.25, 0.3) is 11.8 Å². The number of ketones is 2. The number of rotatable bonds is 14. The summed E-state index contributed by atoms with van der Waals surface area (Å²) in [4.78, 5) is 77.6. The van der Waals surface area contributed by atoms with Crippen LogP contribution in [-0.2, 0) is 36.0 Å². The van der Waals surface area contributed by atoms with E-state index in [0.29, 0.717) is 70.5 Å². The van der Waals surface area contributed by atoms with Crippen molar-refractivity contribution in [2.24, 2.45) is 11.8 Å². The van der Waals surface area contributed by atoms with Crippen molar-refractivity contribution in [2.75, 3.05) is 7.11 Å². The number of carbonyl (C=O) groups is 6. The molecular formula is C65H74N4O8. The van der Waals surface area contributed by atoms with Crippen LogP contribution in [0.25, 0.3) is 11.4 Å². The van der Waals surface area contributed by atoms with Crippen LogP contribution >= 0.6 is 0 Å². The van der Waals surface area contributed by atoms with Gasteiger partial charge in [-0.25, -0.2) is 0 Å². The average molecular weight is 1040 g/mol. The molecular weight excluding hydrogens is 965 g/mol. The first-order valence-electron chi connectivity index (χ1n) is 27.2. The Morgan fingerprint density at radius 1 is 0.558 bits per heavy atom. The Labute approximate surface area is 453 Å². The topological polar surface area (TPSA) is 166 Å². The summed E-state index contributed by atoms with van der Waals surface area (Å²) < 4.78 is 8.61. The molecule has 2 aromatic heterocycles. The molecule has 3 N–H and O–H groups in total. The molecule has 4 aromatic carbocycles. The molecule has 0 atom stereocenters. The van der Waals surface area contributed by atoms with Crippen LogP contribution in [0, 0.1) is 25.7 Å². The number of methoxy groups -OCH3 is 1. The molecule has 12 nitrogen and oxygen atoms in total. The van der Waals surface area contributed by atoms with Crippen LogP contribution in [0.4, 0.5) is 0 Å². The number of carboxylic acids is 1. The monoisotopic (exact) mass is 1040 g/mol. The summed E-state index contributed by atoms with van der Waals surface area (Å²) in [5.41, 5.74) is 11.0. The van der Waals surface area contributed by atoms with Crippen molar-refractivity contribution >= 4 is 35.3 Å². The molecule has 2 heterocycles. The molecule has 4 aliphatic rings. The lowest BCUT2D eigenvalue weighted by atomic mass is 9.80. The first kappa shape index (κ1) is 54.4. The number of esters is 1. The van der Waals surface area contributed by atoms with Crippen molar-refractivity contribution < 1.29 is 38.6 Å². The maximum absolute atomic E-state index is 13.9. The van der Waals surface area contributed by atoms with E-state index < -0.39 is 11.9 Å². The summed E-state index contributed by atoms with van der Waals surface area (Å²) >= 11 is 0. The highest BCUT2D eigenvalue weighted by Crippen LogP contribution is 2.50. The van der Waals surface area contributed by atoms with E-state index >= 15 is 0 Å². The molecule has 0 unspecified atom stereocenters. The second-order valence-electron chi connectivity index (χ2n) is 24.9. The van der Waals surface area contributed by atoms with E-state index in [4.69, 9.17) is 4.74 Å². The van der Waals surface area contributed by atoms with Gasteiger partial charge in [-0.2, -0.15) is 0 Å². The van der Waals surface area contributed by atoms with Gasteiger partial charge in [-0.05, 0) is 145 Å². The molecule has 12 heteroatoms. The first-order valence-corrected chi connectivity index (χ1v) is 27.2. The smallest absolute Gasteiger partial charge is 0.308 e. The Morgan fingerprint density at radius 2 is 0.922 bits per heavy atom. The minimum absolute atomic E-state index is 0.0809. The van der Waals surface area contributed by atoms with Crippen LogP contribution in [0.15, 0.2) is 109 Å². The number of carbonyl (C=O) groups excluding carboxylic acids is 5. The molecule has 0 radical (unpaired) electrons. The minimum Gasteiger partial charge on any atom is -0.481 e. The van der Waals surface area contributed by atoms with Gasteiger partial charge in [0.05, 0.1) is 41.5 Å². The summed E-state index contributed by atoms with van der Waals surface area (Å²) in [6, 6.07) is 31.3. The molecule has 77 heavy (non-hydrogen) atoms. The fourth-order valence-electron chi connectivity index (χ4n) is 10.6. The van der Waals surface area contributed by atoms with Crippen LogP contribution in [-0.4, -0.2) is 68.8 Å². The van der Waals surface area contributed by atoms with E-state index in [1.807, 2.05) is 71.5 Å². The van der Waals surface area contributed by atoms with E-state index in [1.165, 1.54) is 29.4 Å². The minimum atomic E-state index is -0.826. The summed E-state index contributed by atoms with van der Waals surface area (Å²) in [6.07, 6.45) is 10.1. The predicted molar refractivity (Wildman–Crippen MR) is 299 cm³/mol. The number of aromatic nitrogens is 2. The number of hydrogen-bond acceptors (Lipinski definition) is 7. The molecule has 0 aliphatic heterocycles. The second kappa shape index (κ2) is 20.6. The molecule has 0 saturated heterocycles. The third-order valence-electron chi connectivity index (χ3n) is 16.9. The highest BCUT2D eigenvalue weighted by molar-refractivity contribution is 6.12. The molecule has 4 fully saturated rings. The van der Waals surface area contributed by atoms with Gasteiger partial charge in [-0.3, -0.25) is 28.8 Å². The van der Waals surface area contributed by atoms with Crippen molar-refractivity contribution in [3.63, 3.8) is 0 Å². The molecule has 10 rings (SSSR count). The Hall–Kier alpha value is -7.34. The molecule has 6 aromatic rings. The van der Waals surface area contributed by atoms with Crippen molar-refractivity contribution in [3.05, 3.63) is 176 Å². The van der Waals surface area contributed by atoms with Gasteiger partial charge >= 0.3 is 11.9 Å². The SMILES string of the molecule is COC(=O)C1CC(NC(=O)c2cn(-c3cc(C(C)(C)C)cc(C4(C)CC4)c3)c(C(=O)c3ccccc3)c2C)C1.Cc1c(C(=O)NC2CC(C(=O)O)C2)cn(-c2cc(C(C)(C)C)cc(C3(C)CC3)c2)c1C(=O)c1ccccc1. The molecule has 2 amide bonds. The third-order valence-corrected chi connectivity index (χ3v) is 16.9. The Balaban J connectivity index is 0.000000188. The molecule has 4 aliphatic carbocycles. The van der Waals surface area contributed by atoms with Gasteiger partial charge < -0.3 is 29.6 Å². The fourth-order valence-corrected chi connectivity index (χ4v) is 10.6. The van der Waals surface area contributed by atoms with E-state index in [0.717, 1.165) is 37.1 Å². The quantitative estimate of drug-likeness (QED) is 0.0716. The van der Waals surface area contributed by atoms with E-state index in [1.54, 1.807) is 24.5 Å². The number of benzene rings is 4.